The Hall–Kier alpha value is -1.49. The summed E-state index contributed by atoms with van der Waals surface area (Å²) in [6.07, 6.45) is 2.61. The van der Waals surface area contributed by atoms with Crippen LogP contribution in [0.4, 0.5) is 0 Å². The molecule has 3 N–H and O–H groups in total. The first-order valence-electron chi connectivity index (χ1n) is 5.47. The molecule has 0 aliphatic carbocycles. The van der Waals surface area contributed by atoms with Crippen LogP contribution in [0.5, 0.6) is 0 Å². The minimum atomic E-state index is -1.02. The molecule has 16 heavy (non-hydrogen) atoms. The van der Waals surface area contributed by atoms with Crippen LogP contribution >= 0.6 is 0 Å². The molecule has 1 aliphatic heterocycles. The summed E-state index contributed by atoms with van der Waals surface area (Å²) in [5, 5.41) is 16.4. The number of rotatable bonds is 3. The third-order valence-corrected chi connectivity index (χ3v) is 2.55. The van der Waals surface area contributed by atoms with Gasteiger partial charge in [0.15, 0.2) is 5.96 Å². The number of nitrogens with one attached hydrogen (secondary N) is 2. The molecule has 5 heteroatoms. The van der Waals surface area contributed by atoms with Crippen LogP contribution in [-0.4, -0.2) is 30.7 Å². The zero-order chi connectivity index (χ0) is 11.4. The first-order valence-corrected chi connectivity index (χ1v) is 5.47. The van der Waals surface area contributed by atoms with Gasteiger partial charge in [0.1, 0.15) is 11.4 Å². The maximum atomic E-state index is 10.2. The van der Waals surface area contributed by atoms with Crippen molar-refractivity contribution in [3.8, 4) is 0 Å². The van der Waals surface area contributed by atoms with Gasteiger partial charge in [-0.1, -0.05) is 0 Å². The number of hydrogen-bond acceptors (Lipinski definition) is 5. The van der Waals surface area contributed by atoms with E-state index in [9.17, 15) is 5.11 Å². The highest BCUT2D eigenvalue weighted by atomic mass is 16.4. The zero-order valence-corrected chi connectivity index (χ0v) is 9.36. The number of furan rings is 1. The lowest BCUT2D eigenvalue weighted by molar-refractivity contribution is 0.0385. The summed E-state index contributed by atoms with van der Waals surface area (Å²) in [4.78, 5) is 4.27. The molecule has 1 aromatic rings. The van der Waals surface area contributed by atoms with Crippen molar-refractivity contribution < 1.29 is 9.52 Å². The van der Waals surface area contributed by atoms with Crippen LogP contribution in [0.1, 0.15) is 19.1 Å². The lowest BCUT2D eigenvalue weighted by Gasteiger charge is -2.24. The van der Waals surface area contributed by atoms with Crippen molar-refractivity contribution in [1.29, 1.82) is 0 Å². The first kappa shape index (κ1) is 11.0. The SMILES string of the molecule is CC(O)(CNC1=NCCCN1)c1ccco1. The van der Waals surface area contributed by atoms with Gasteiger partial charge in [0.2, 0.25) is 0 Å². The average Bonchev–Trinajstić information content (AvgIpc) is 2.82. The Morgan fingerprint density at radius 1 is 1.69 bits per heavy atom. The molecule has 2 rings (SSSR count). The number of aliphatic hydroxyl groups is 1. The van der Waals surface area contributed by atoms with Gasteiger partial charge in [-0.05, 0) is 25.5 Å². The van der Waals surface area contributed by atoms with E-state index in [1.165, 1.54) is 0 Å². The Morgan fingerprint density at radius 3 is 3.19 bits per heavy atom. The highest BCUT2D eigenvalue weighted by molar-refractivity contribution is 5.80. The highest BCUT2D eigenvalue weighted by Gasteiger charge is 2.26. The van der Waals surface area contributed by atoms with E-state index in [1.807, 2.05) is 0 Å². The monoisotopic (exact) mass is 223 g/mol. The molecule has 0 saturated heterocycles. The van der Waals surface area contributed by atoms with Gasteiger partial charge in [-0.25, -0.2) is 0 Å². The fourth-order valence-electron chi connectivity index (χ4n) is 1.58. The minimum Gasteiger partial charge on any atom is -0.466 e. The molecule has 5 nitrogen and oxygen atoms in total. The molecule has 0 amide bonds. The maximum absolute atomic E-state index is 10.2. The topological polar surface area (TPSA) is 69.8 Å². The van der Waals surface area contributed by atoms with Crippen LogP contribution in [0.15, 0.2) is 27.8 Å². The molecule has 0 bridgehead atoms. The van der Waals surface area contributed by atoms with Gasteiger partial charge in [-0.3, -0.25) is 4.99 Å². The van der Waals surface area contributed by atoms with Crippen molar-refractivity contribution in [3.05, 3.63) is 24.2 Å². The maximum Gasteiger partial charge on any atom is 0.191 e. The number of hydrogen-bond donors (Lipinski definition) is 3. The van der Waals surface area contributed by atoms with E-state index >= 15 is 0 Å². The van der Waals surface area contributed by atoms with E-state index in [0.29, 0.717) is 12.3 Å². The summed E-state index contributed by atoms with van der Waals surface area (Å²) in [6.45, 7) is 3.83. The lowest BCUT2D eigenvalue weighted by atomic mass is 10.0. The second-order valence-corrected chi connectivity index (χ2v) is 4.12. The van der Waals surface area contributed by atoms with E-state index in [4.69, 9.17) is 4.42 Å². The standard InChI is InChI=1S/C11H17N3O2/c1-11(15,9-4-2-7-16-9)8-14-10-12-5-3-6-13-10/h2,4,7,15H,3,5-6,8H2,1H3,(H2,12,13,14). The van der Waals surface area contributed by atoms with Gasteiger partial charge in [0.25, 0.3) is 0 Å². The van der Waals surface area contributed by atoms with Crippen LogP contribution in [0.3, 0.4) is 0 Å². The van der Waals surface area contributed by atoms with Crippen molar-refractivity contribution >= 4 is 5.96 Å². The van der Waals surface area contributed by atoms with Crippen molar-refractivity contribution in [3.63, 3.8) is 0 Å². The van der Waals surface area contributed by atoms with Crippen molar-refractivity contribution in [2.24, 2.45) is 4.99 Å². The van der Waals surface area contributed by atoms with Gasteiger partial charge >= 0.3 is 0 Å². The molecule has 0 radical (unpaired) electrons. The molecule has 1 aromatic heterocycles. The summed E-state index contributed by atoms with van der Waals surface area (Å²) < 4.78 is 5.19. The summed E-state index contributed by atoms with van der Waals surface area (Å²) in [7, 11) is 0. The predicted molar refractivity (Wildman–Crippen MR) is 61.2 cm³/mol. The van der Waals surface area contributed by atoms with E-state index in [0.717, 1.165) is 25.5 Å². The Bertz CT molecular complexity index is 357. The van der Waals surface area contributed by atoms with E-state index in [-0.39, 0.29) is 0 Å². The Morgan fingerprint density at radius 2 is 2.56 bits per heavy atom. The quantitative estimate of drug-likeness (QED) is 0.695. The van der Waals surface area contributed by atoms with Gasteiger partial charge in [-0.15, -0.1) is 0 Å². The molecule has 0 spiro atoms. The van der Waals surface area contributed by atoms with Crippen LogP contribution in [-0.2, 0) is 5.60 Å². The molecule has 0 saturated carbocycles. The van der Waals surface area contributed by atoms with E-state index < -0.39 is 5.60 Å². The summed E-state index contributed by atoms with van der Waals surface area (Å²) in [5.74, 6) is 1.30. The van der Waals surface area contributed by atoms with E-state index in [2.05, 4.69) is 15.6 Å². The largest absolute Gasteiger partial charge is 0.466 e. The minimum absolute atomic E-state index is 0.367. The van der Waals surface area contributed by atoms with Gasteiger partial charge in [0.05, 0.1) is 12.8 Å². The molecule has 0 aromatic carbocycles. The third-order valence-electron chi connectivity index (χ3n) is 2.55. The van der Waals surface area contributed by atoms with Crippen molar-refractivity contribution in [2.75, 3.05) is 19.6 Å². The average molecular weight is 223 g/mol. The van der Waals surface area contributed by atoms with Crippen LogP contribution in [0.2, 0.25) is 0 Å². The molecular weight excluding hydrogens is 206 g/mol. The smallest absolute Gasteiger partial charge is 0.191 e. The molecular formula is C11H17N3O2. The second kappa shape index (κ2) is 4.57. The summed E-state index contributed by atoms with van der Waals surface area (Å²) in [5.41, 5.74) is -1.02. The predicted octanol–water partition coefficient (Wildman–Crippen LogP) is 0.426. The van der Waals surface area contributed by atoms with Crippen LogP contribution in [0.25, 0.3) is 0 Å². The summed E-state index contributed by atoms with van der Waals surface area (Å²) >= 11 is 0. The highest BCUT2D eigenvalue weighted by Crippen LogP contribution is 2.19. The molecule has 1 atom stereocenters. The van der Waals surface area contributed by atoms with Crippen molar-refractivity contribution in [1.82, 2.24) is 10.6 Å². The Labute approximate surface area is 94.6 Å². The van der Waals surface area contributed by atoms with Crippen LogP contribution < -0.4 is 10.6 Å². The number of guanidine groups is 1. The van der Waals surface area contributed by atoms with Gasteiger partial charge in [0, 0.05) is 13.1 Å². The Balaban J connectivity index is 1.91. The first-order chi connectivity index (χ1) is 7.68. The normalized spacial score (nSPS) is 19.5. The lowest BCUT2D eigenvalue weighted by Crippen LogP contribution is -2.46. The second-order valence-electron chi connectivity index (χ2n) is 4.12. The molecule has 1 aliphatic rings. The molecule has 0 fully saturated rings. The third kappa shape index (κ3) is 2.55. The molecule has 88 valence electrons. The zero-order valence-electron chi connectivity index (χ0n) is 9.36. The van der Waals surface area contributed by atoms with Gasteiger partial charge < -0.3 is 20.2 Å². The number of nitrogens with zero attached hydrogens (tertiary/aromatic N) is 1. The Kier molecular flexibility index (Phi) is 3.14. The molecule has 2 heterocycles. The van der Waals surface area contributed by atoms with Gasteiger partial charge in [-0.2, -0.15) is 0 Å². The van der Waals surface area contributed by atoms with Crippen LogP contribution in [0, 0.1) is 0 Å². The fraction of sp³-hybridized carbons (Fsp3) is 0.545. The van der Waals surface area contributed by atoms with Crippen molar-refractivity contribution in [2.45, 2.75) is 18.9 Å². The van der Waals surface area contributed by atoms with E-state index in [1.54, 1.807) is 25.3 Å². The molecule has 1 unspecified atom stereocenters. The number of aliphatic imine (C=N–C) groups is 1. The summed E-state index contributed by atoms with van der Waals surface area (Å²) in [6, 6.07) is 3.53. The fourth-order valence-corrected chi connectivity index (χ4v) is 1.58.